The van der Waals surface area contributed by atoms with E-state index in [-0.39, 0.29) is 11.2 Å². The van der Waals surface area contributed by atoms with Gasteiger partial charge < -0.3 is 5.32 Å². The van der Waals surface area contributed by atoms with E-state index in [1.807, 2.05) is 42.1 Å². The molecule has 2 nitrogen and oxygen atoms in total. The maximum atomic E-state index is 11.9. The highest BCUT2D eigenvalue weighted by Crippen LogP contribution is 2.46. The zero-order valence-corrected chi connectivity index (χ0v) is 12.3. The summed E-state index contributed by atoms with van der Waals surface area (Å²) < 4.78 is 0.315. The van der Waals surface area contributed by atoms with Crippen molar-refractivity contribution in [1.82, 2.24) is 5.32 Å². The first-order chi connectivity index (χ1) is 8.65. The number of hydrogen-bond acceptors (Lipinski definition) is 3. The van der Waals surface area contributed by atoms with Gasteiger partial charge in [-0.1, -0.05) is 30.3 Å². The van der Waals surface area contributed by atoms with Gasteiger partial charge in [-0.15, -0.1) is 0 Å². The van der Waals surface area contributed by atoms with Crippen molar-refractivity contribution in [1.29, 1.82) is 0 Å². The number of thioether (sulfide) groups is 1. The fourth-order valence-corrected chi connectivity index (χ4v) is 2.92. The third kappa shape index (κ3) is 3.69. The van der Waals surface area contributed by atoms with Crippen LogP contribution in [0.25, 0.3) is 0 Å². The van der Waals surface area contributed by atoms with Crippen LogP contribution in [0.3, 0.4) is 0 Å². The van der Waals surface area contributed by atoms with E-state index < -0.39 is 0 Å². The number of thiol groups is 1. The highest BCUT2D eigenvalue weighted by atomic mass is 32.2. The number of amides is 1. The summed E-state index contributed by atoms with van der Waals surface area (Å²) >= 11 is 6.25. The lowest BCUT2D eigenvalue weighted by atomic mass is 10.1. The van der Waals surface area contributed by atoms with E-state index in [0.29, 0.717) is 11.2 Å². The molecule has 98 valence electrons. The van der Waals surface area contributed by atoms with Gasteiger partial charge in [-0.25, -0.2) is 0 Å². The third-order valence-electron chi connectivity index (χ3n) is 3.40. The van der Waals surface area contributed by atoms with Crippen LogP contribution in [0.5, 0.6) is 0 Å². The van der Waals surface area contributed by atoms with Crippen molar-refractivity contribution in [3.63, 3.8) is 0 Å². The Kier molecular flexibility index (Phi) is 4.62. The number of hydrogen-bond donors (Lipinski definition) is 2. The van der Waals surface area contributed by atoms with Gasteiger partial charge in [0.25, 0.3) is 0 Å². The van der Waals surface area contributed by atoms with Gasteiger partial charge in [0.05, 0.1) is 5.25 Å². The van der Waals surface area contributed by atoms with Crippen LogP contribution < -0.4 is 5.32 Å². The van der Waals surface area contributed by atoms with Crippen molar-refractivity contribution in [2.45, 2.75) is 29.3 Å². The van der Waals surface area contributed by atoms with Crippen LogP contribution in [0.1, 0.15) is 18.4 Å². The number of nitrogens with one attached hydrogen (secondary N) is 1. The Labute approximate surface area is 118 Å². The Morgan fingerprint density at radius 2 is 2.11 bits per heavy atom. The molecule has 0 bridgehead atoms. The largest absolute Gasteiger partial charge is 0.354 e. The first kappa shape index (κ1) is 13.8. The van der Waals surface area contributed by atoms with E-state index in [2.05, 4.69) is 24.2 Å². The second kappa shape index (κ2) is 6.02. The highest BCUT2D eigenvalue weighted by molar-refractivity contribution is 8.00. The van der Waals surface area contributed by atoms with Crippen LogP contribution in [-0.4, -0.2) is 28.7 Å². The van der Waals surface area contributed by atoms with Gasteiger partial charge in [-0.05, 0) is 31.1 Å². The molecule has 0 saturated heterocycles. The molecule has 0 spiro atoms. The number of rotatable bonds is 6. The molecule has 0 radical (unpaired) electrons. The van der Waals surface area contributed by atoms with E-state index in [4.69, 9.17) is 0 Å². The molecule has 18 heavy (non-hydrogen) atoms. The minimum absolute atomic E-state index is 0.0440. The Morgan fingerprint density at radius 3 is 2.67 bits per heavy atom. The quantitative estimate of drug-likeness (QED) is 0.785. The molecule has 1 aromatic carbocycles. The molecule has 1 atom stereocenters. The van der Waals surface area contributed by atoms with Gasteiger partial charge in [0.2, 0.25) is 5.91 Å². The van der Waals surface area contributed by atoms with E-state index >= 15 is 0 Å². The molecule has 2 rings (SSSR count). The van der Waals surface area contributed by atoms with Crippen molar-refractivity contribution in [2.75, 3.05) is 12.8 Å². The zero-order chi connectivity index (χ0) is 13.0. The van der Waals surface area contributed by atoms with Crippen LogP contribution in [-0.2, 0) is 11.2 Å². The van der Waals surface area contributed by atoms with Crippen LogP contribution in [0.4, 0.5) is 0 Å². The van der Waals surface area contributed by atoms with Crippen LogP contribution in [0.15, 0.2) is 30.3 Å². The first-order valence-electron chi connectivity index (χ1n) is 6.20. The van der Waals surface area contributed by atoms with Crippen LogP contribution in [0, 0.1) is 0 Å². The Hall–Kier alpha value is -0.610. The normalized spacial score (nSPS) is 18.1. The van der Waals surface area contributed by atoms with E-state index in [1.165, 1.54) is 12.8 Å². The van der Waals surface area contributed by atoms with Gasteiger partial charge in [-0.2, -0.15) is 24.4 Å². The second-order valence-corrected chi connectivity index (χ2v) is 6.71. The Morgan fingerprint density at radius 1 is 1.44 bits per heavy atom. The average Bonchev–Trinajstić information content (AvgIpc) is 3.18. The molecule has 1 saturated carbocycles. The Balaban J connectivity index is 1.78. The molecule has 0 aromatic heterocycles. The topological polar surface area (TPSA) is 29.1 Å². The average molecular weight is 281 g/mol. The highest BCUT2D eigenvalue weighted by Gasteiger charge is 2.42. The van der Waals surface area contributed by atoms with Gasteiger partial charge >= 0.3 is 0 Å². The smallest absolute Gasteiger partial charge is 0.233 e. The van der Waals surface area contributed by atoms with Crippen molar-refractivity contribution in [2.24, 2.45) is 0 Å². The van der Waals surface area contributed by atoms with Crippen molar-refractivity contribution < 1.29 is 4.79 Å². The molecule has 0 aliphatic heterocycles. The summed E-state index contributed by atoms with van der Waals surface area (Å²) in [7, 11) is 0. The molecular weight excluding hydrogens is 262 g/mol. The van der Waals surface area contributed by atoms with Gasteiger partial charge in [0.15, 0.2) is 0 Å². The van der Waals surface area contributed by atoms with E-state index in [0.717, 1.165) is 12.1 Å². The fraction of sp³-hybridized carbons (Fsp3) is 0.500. The number of carbonyl (C=O) groups is 1. The maximum absolute atomic E-state index is 11.9. The van der Waals surface area contributed by atoms with Crippen molar-refractivity contribution in [3.8, 4) is 0 Å². The van der Waals surface area contributed by atoms with E-state index in [1.54, 1.807) is 0 Å². The summed E-state index contributed by atoms with van der Waals surface area (Å²) in [5.74, 6) is 0.0440. The predicted molar refractivity (Wildman–Crippen MR) is 81.4 cm³/mol. The molecule has 1 aliphatic carbocycles. The number of benzene rings is 1. The first-order valence-corrected chi connectivity index (χ1v) is 7.94. The molecule has 1 unspecified atom stereocenters. The number of carbonyl (C=O) groups excluding carboxylic acids is 1. The minimum Gasteiger partial charge on any atom is -0.354 e. The molecule has 1 amide bonds. The van der Waals surface area contributed by atoms with Gasteiger partial charge in [0.1, 0.15) is 0 Å². The SMILES string of the molecule is CSC1(CNC(=O)C(S)Cc2ccccc2)CC1. The molecule has 1 aliphatic rings. The summed E-state index contributed by atoms with van der Waals surface area (Å²) in [6.07, 6.45) is 5.22. The summed E-state index contributed by atoms with van der Waals surface area (Å²) in [5, 5.41) is 2.76. The minimum atomic E-state index is -0.259. The lowest BCUT2D eigenvalue weighted by molar-refractivity contribution is -0.120. The van der Waals surface area contributed by atoms with Crippen molar-refractivity contribution >= 4 is 30.3 Å². The maximum Gasteiger partial charge on any atom is 0.233 e. The van der Waals surface area contributed by atoms with Gasteiger partial charge in [0, 0.05) is 11.3 Å². The summed E-state index contributed by atoms with van der Waals surface area (Å²) in [6, 6.07) is 10.0. The van der Waals surface area contributed by atoms with Crippen LogP contribution >= 0.6 is 24.4 Å². The summed E-state index contributed by atoms with van der Waals surface area (Å²) in [6.45, 7) is 0.777. The molecular formula is C14H19NOS2. The summed E-state index contributed by atoms with van der Waals surface area (Å²) in [4.78, 5) is 11.9. The Bertz CT molecular complexity index is 404. The summed E-state index contributed by atoms with van der Waals surface area (Å²) in [5.41, 5.74) is 1.15. The molecule has 4 heteroatoms. The third-order valence-corrected chi connectivity index (χ3v) is 5.24. The molecule has 1 aromatic rings. The van der Waals surface area contributed by atoms with Crippen LogP contribution in [0.2, 0.25) is 0 Å². The molecule has 1 fully saturated rings. The molecule has 0 heterocycles. The zero-order valence-electron chi connectivity index (χ0n) is 10.6. The van der Waals surface area contributed by atoms with E-state index in [9.17, 15) is 4.79 Å². The lowest BCUT2D eigenvalue weighted by Crippen LogP contribution is -2.37. The lowest BCUT2D eigenvalue weighted by Gasteiger charge is -2.16. The predicted octanol–water partition coefficient (Wildman–Crippen LogP) is 2.54. The fourth-order valence-electron chi connectivity index (χ4n) is 1.89. The van der Waals surface area contributed by atoms with Gasteiger partial charge in [-0.3, -0.25) is 4.79 Å². The molecule has 1 N–H and O–H groups in total. The second-order valence-electron chi connectivity index (χ2n) is 4.81. The van der Waals surface area contributed by atoms with Crippen molar-refractivity contribution in [3.05, 3.63) is 35.9 Å². The monoisotopic (exact) mass is 281 g/mol. The standard InChI is InChI=1S/C14H19NOS2/c1-18-14(7-8-14)10-15-13(16)12(17)9-11-5-3-2-4-6-11/h2-6,12,17H,7-10H2,1H3,(H,15,16).